The van der Waals surface area contributed by atoms with Gasteiger partial charge in [-0.3, -0.25) is 4.79 Å². The molecule has 1 fully saturated rings. The third kappa shape index (κ3) is 2.28. The van der Waals surface area contributed by atoms with E-state index in [1.54, 1.807) is 6.20 Å². The Bertz CT molecular complexity index is 394. The predicted molar refractivity (Wildman–Crippen MR) is 64.9 cm³/mol. The summed E-state index contributed by atoms with van der Waals surface area (Å²) >= 11 is 0. The number of carbonyl (C=O) groups is 1. The Morgan fingerprint density at radius 1 is 1.59 bits per heavy atom. The summed E-state index contributed by atoms with van der Waals surface area (Å²) in [6.45, 7) is 3.34. The van der Waals surface area contributed by atoms with E-state index in [0.29, 0.717) is 6.54 Å². The standard InChI is InChI=1S/C12H19N3O2/c1-2-15-8-7-13-11(15)14-9-12(10(16)17)5-3-4-6-12/h7-8H,2-6,9H2,1H3,(H,13,14)(H,16,17). The van der Waals surface area contributed by atoms with Gasteiger partial charge in [0, 0.05) is 25.5 Å². The maximum Gasteiger partial charge on any atom is 0.311 e. The molecular weight excluding hydrogens is 218 g/mol. The van der Waals surface area contributed by atoms with Crippen LogP contribution in [0, 0.1) is 5.41 Å². The monoisotopic (exact) mass is 237 g/mol. The van der Waals surface area contributed by atoms with Gasteiger partial charge in [-0.2, -0.15) is 0 Å². The number of anilines is 1. The van der Waals surface area contributed by atoms with Gasteiger partial charge in [-0.1, -0.05) is 12.8 Å². The first-order chi connectivity index (χ1) is 8.18. The van der Waals surface area contributed by atoms with Crippen LogP contribution in [0.3, 0.4) is 0 Å². The molecule has 17 heavy (non-hydrogen) atoms. The Labute approximate surface area is 101 Å². The Morgan fingerprint density at radius 3 is 2.88 bits per heavy atom. The second-order valence-corrected chi connectivity index (χ2v) is 4.68. The summed E-state index contributed by atoms with van der Waals surface area (Å²) < 4.78 is 1.98. The van der Waals surface area contributed by atoms with Crippen molar-refractivity contribution in [1.82, 2.24) is 9.55 Å². The van der Waals surface area contributed by atoms with E-state index in [-0.39, 0.29) is 0 Å². The molecule has 5 nitrogen and oxygen atoms in total. The van der Waals surface area contributed by atoms with Crippen LogP contribution in [0.1, 0.15) is 32.6 Å². The number of rotatable bonds is 5. The van der Waals surface area contributed by atoms with Gasteiger partial charge in [0.2, 0.25) is 5.95 Å². The van der Waals surface area contributed by atoms with Crippen LogP contribution in [0.5, 0.6) is 0 Å². The molecule has 0 spiro atoms. The summed E-state index contributed by atoms with van der Waals surface area (Å²) in [5.41, 5.74) is -0.593. The molecule has 1 aromatic rings. The number of carboxylic acids is 1. The summed E-state index contributed by atoms with van der Waals surface area (Å²) in [6, 6.07) is 0. The SMILES string of the molecule is CCn1ccnc1NCC1(C(=O)O)CCCC1. The number of hydrogen-bond donors (Lipinski definition) is 2. The van der Waals surface area contributed by atoms with Crippen molar-refractivity contribution in [3.8, 4) is 0 Å². The predicted octanol–water partition coefficient (Wildman–Crippen LogP) is 1.96. The Kier molecular flexibility index (Phi) is 3.36. The van der Waals surface area contributed by atoms with Crippen LogP contribution in [-0.2, 0) is 11.3 Å². The van der Waals surface area contributed by atoms with Gasteiger partial charge in [-0.15, -0.1) is 0 Å². The van der Waals surface area contributed by atoms with Crippen LogP contribution >= 0.6 is 0 Å². The maximum atomic E-state index is 11.4. The van der Waals surface area contributed by atoms with Gasteiger partial charge in [0.25, 0.3) is 0 Å². The zero-order valence-corrected chi connectivity index (χ0v) is 10.1. The molecule has 2 rings (SSSR count). The van der Waals surface area contributed by atoms with Gasteiger partial charge in [-0.05, 0) is 19.8 Å². The molecule has 0 amide bonds. The maximum absolute atomic E-state index is 11.4. The molecule has 0 saturated heterocycles. The molecule has 0 atom stereocenters. The van der Waals surface area contributed by atoms with E-state index in [0.717, 1.165) is 38.2 Å². The molecule has 0 aliphatic heterocycles. The number of carboxylic acid groups (broad SMARTS) is 1. The Balaban J connectivity index is 2.03. The molecular formula is C12H19N3O2. The van der Waals surface area contributed by atoms with Crippen molar-refractivity contribution >= 4 is 11.9 Å². The molecule has 1 heterocycles. The summed E-state index contributed by atoms with van der Waals surface area (Å²) in [6.07, 6.45) is 7.18. The number of hydrogen-bond acceptors (Lipinski definition) is 3. The molecule has 2 N–H and O–H groups in total. The topological polar surface area (TPSA) is 67.2 Å². The van der Waals surface area contributed by atoms with Crippen LogP contribution in [0.25, 0.3) is 0 Å². The molecule has 1 aliphatic carbocycles. The molecule has 1 saturated carbocycles. The zero-order chi connectivity index (χ0) is 12.3. The van der Waals surface area contributed by atoms with Gasteiger partial charge >= 0.3 is 5.97 Å². The van der Waals surface area contributed by atoms with E-state index in [1.165, 1.54) is 0 Å². The lowest BCUT2D eigenvalue weighted by Gasteiger charge is -2.24. The summed E-state index contributed by atoms with van der Waals surface area (Å²) in [4.78, 5) is 15.6. The molecule has 5 heteroatoms. The fourth-order valence-corrected chi connectivity index (χ4v) is 2.50. The second-order valence-electron chi connectivity index (χ2n) is 4.68. The third-order valence-electron chi connectivity index (χ3n) is 3.66. The first-order valence-electron chi connectivity index (χ1n) is 6.16. The fraction of sp³-hybridized carbons (Fsp3) is 0.667. The van der Waals surface area contributed by atoms with Gasteiger partial charge in [0.1, 0.15) is 0 Å². The molecule has 0 unspecified atom stereocenters. The van der Waals surface area contributed by atoms with Crippen LogP contribution < -0.4 is 5.32 Å². The Hall–Kier alpha value is -1.52. The smallest absolute Gasteiger partial charge is 0.311 e. The van der Waals surface area contributed by atoms with E-state index >= 15 is 0 Å². The number of aliphatic carboxylic acids is 1. The Morgan fingerprint density at radius 2 is 2.29 bits per heavy atom. The number of aromatic nitrogens is 2. The van der Waals surface area contributed by atoms with Crippen molar-refractivity contribution in [1.29, 1.82) is 0 Å². The molecule has 1 aromatic heterocycles. The van der Waals surface area contributed by atoms with Crippen molar-refractivity contribution in [3.05, 3.63) is 12.4 Å². The summed E-state index contributed by atoms with van der Waals surface area (Å²) in [5.74, 6) is 0.0807. The third-order valence-corrected chi connectivity index (χ3v) is 3.66. The van der Waals surface area contributed by atoms with Crippen molar-refractivity contribution in [3.63, 3.8) is 0 Å². The molecule has 1 aliphatic rings. The molecule has 94 valence electrons. The van der Waals surface area contributed by atoms with Gasteiger partial charge in [-0.25, -0.2) is 4.98 Å². The van der Waals surface area contributed by atoms with E-state index in [1.807, 2.05) is 17.7 Å². The zero-order valence-electron chi connectivity index (χ0n) is 10.1. The highest BCUT2D eigenvalue weighted by Gasteiger charge is 2.41. The van der Waals surface area contributed by atoms with E-state index < -0.39 is 11.4 Å². The highest BCUT2D eigenvalue weighted by atomic mass is 16.4. The van der Waals surface area contributed by atoms with Gasteiger partial charge in [0.05, 0.1) is 5.41 Å². The quantitative estimate of drug-likeness (QED) is 0.821. The average Bonchev–Trinajstić information content (AvgIpc) is 2.96. The minimum atomic E-state index is -0.683. The lowest BCUT2D eigenvalue weighted by atomic mass is 9.86. The first kappa shape index (κ1) is 12.0. The van der Waals surface area contributed by atoms with E-state index in [2.05, 4.69) is 10.3 Å². The molecule has 0 radical (unpaired) electrons. The highest BCUT2D eigenvalue weighted by Crippen LogP contribution is 2.38. The van der Waals surface area contributed by atoms with Crippen LogP contribution in [0.15, 0.2) is 12.4 Å². The number of imidazole rings is 1. The van der Waals surface area contributed by atoms with Crippen molar-refractivity contribution in [2.24, 2.45) is 5.41 Å². The van der Waals surface area contributed by atoms with Crippen LogP contribution in [0.4, 0.5) is 5.95 Å². The number of nitrogens with one attached hydrogen (secondary N) is 1. The summed E-state index contributed by atoms with van der Waals surface area (Å²) in [7, 11) is 0. The van der Waals surface area contributed by atoms with Gasteiger partial charge < -0.3 is 15.0 Å². The lowest BCUT2D eigenvalue weighted by molar-refractivity contribution is -0.147. The fourth-order valence-electron chi connectivity index (χ4n) is 2.50. The normalized spacial score (nSPS) is 18.2. The lowest BCUT2D eigenvalue weighted by Crippen LogP contribution is -2.35. The van der Waals surface area contributed by atoms with E-state index in [4.69, 9.17) is 0 Å². The minimum absolute atomic E-state index is 0.472. The number of aryl methyl sites for hydroxylation is 1. The average molecular weight is 237 g/mol. The van der Waals surface area contributed by atoms with Crippen LogP contribution in [-0.4, -0.2) is 27.2 Å². The van der Waals surface area contributed by atoms with Gasteiger partial charge in [0.15, 0.2) is 0 Å². The molecule has 0 aromatic carbocycles. The summed E-state index contributed by atoms with van der Waals surface area (Å²) in [5, 5.41) is 12.5. The van der Waals surface area contributed by atoms with Crippen molar-refractivity contribution in [2.45, 2.75) is 39.2 Å². The minimum Gasteiger partial charge on any atom is -0.481 e. The van der Waals surface area contributed by atoms with Crippen molar-refractivity contribution < 1.29 is 9.90 Å². The van der Waals surface area contributed by atoms with Crippen molar-refractivity contribution in [2.75, 3.05) is 11.9 Å². The largest absolute Gasteiger partial charge is 0.481 e. The highest BCUT2D eigenvalue weighted by molar-refractivity contribution is 5.75. The first-order valence-corrected chi connectivity index (χ1v) is 6.16. The molecule has 0 bridgehead atoms. The second kappa shape index (κ2) is 4.77. The van der Waals surface area contributed by atoms with E-state index in [9.17, 15) is 9.90 Å². The van der Waals surface area contributed by atoms with Crippen LogP contribution in [0.2, 0.25) is 0 Å². The number of nitrogens with zero attached hydrogens (tertiary/aromatic N) is 2.